The zero-order valence-electron chi connectivity index (χ0n) is 12.6. The Kier molecular flexibility index (Phi) is 3.37. The number of hydrogen-bond acceptors (Lipinski definition) is 4. The van der Waals surface area contributed by atoms with Gasteiger partial charge in [-0.1, -0.05) is 17.7 Å². The summed E-state index contributed by atoms with van der Waals surface area (Å²) in [6.07, 6.45) is 0. The second kappa shape index (κ2) is 5.20. The lowest BCUT2D eigenvalue weighted by Crippen LogP contribution is -2.18. The summed E-state index contributed by atoms with van der Waals surface area (Å²) in [5.74, 6) is 1.47. The molecule has 4 nitrogen and oxygen atoms in total. The van der Waals surface area contributed by atoms with Crippen LogP contribution in [0.15, 0.2) is 30.3 Å². The lowest BCUT2D eigenvalue weighted by Gasteiger charge is -2.26. The Morgan fingerprint density at radius 1 is 0.952 bits per heavy atom. The summed E-state index contributed by atoms with van der Waals surface area (Å²) in [5.41, 5.74) is 11.4. The van der Waals surface area contributed by atoms with Crippen molar-refractivity contribution in [2.24, 2.45) is 0 Å². The SMILES string of the molecule is Cc1ccc(N(C)c2cc3c(cc2N)OCCO3)c(C)c1. The quantitative estimate of drug-likeness (QED) is 0.858. The molecule has 1 heterocycles. The molecule has 0 aromatic heterocycles. The fourth-order valence-electron chi connectivity index (χ4n) is 2.70. The lowest BCUT2D eigenvalue weighted by molar-refractivity contribution is 0.172. The largest absolute Gasteiger partial charge is 0.486 e. The number of nitrogen functional groups attached to an aromatic ring is 1. The lowest BCUT2D eigenvalue weighted by atomic mass is 10.1. The minimum absolute atomic E-state index is 0.568. The first-order chi connectivity index (χ1) is 10.1. The van der Waals surface area contributed by atoms with Crippen LogP contribution in [0.3, 0.4) is 0 Å². The minimum Gasteiger partial charge on any atom is -0.486 e. The van der Waals surface area contributed by atoms with E-state index in [2.05, 4.69) is 36.9 Å². The van der Waals surface area contributed by atoms with Crippen molar-refractivity contribution in [3.05, 3.63) is 41.5 Å². The van der Waals surface area contributed by atoms with Crippen molar-refractivity contribution in [1.29, 1.82) is 0 Å². The van der Waals surface area contributed by atoms with Gasteiger partial charge in [0, 0.05) is 24.9 Å². The predicted octanol–water partition coefficient (Wildman–Crippen LogP) is 3.42. The molecule has 0 bridgehead atoms. The Labute approximate surface area is 125 Å². The first kappa shape index (κ1) is 13.6. The van der Waals surface area contributed by atoms with Gasteiger partial charge in [0.1, 0.15) is 13.2 Å². The number of nitrogens with zero attached hydrogens (tertiary/aromatic N) is 1. The number of aryl methyl sites for hydroxylation is 2. The molecule has 110 valence electrons. The van der Waals surface area contributed by atoms with Crippen molar-refractivity contribution in [1.82, 2.24) is 0 Å². The third-order valence-corrected chi connectivity index (χ3v) is 3.77. The number of anilines is 3. The number of fused-ring (bicyclic) bond motifs is 1. The molecule has 0 aliphatic carbocycles. The first-order valence-electron chi connectivity index (χ1n) is 7.06. The van der Waals surface area contributed by atoms with Gasteiger partial charge in [-0.15, -0.1) is 0 Å². The standard InChI is InChI=1S/C17H20N2O2/c1-11-4-5-14(12(2)8-11)19(3)15-10-17-16(9-13(15)18)20-6-7-21-17/h4-5,8-10H,6-7,18H2,1-3H3. The molecule has 0 saturated carbocycles. The third kappa shape index (κ3) is 2.49. The molecule has 2 aromatic rings. The molecule has 0 spiro atoms. The summed E-state index contributed by atoms with van der Waals surface area (Å²) in [5, 5.41) is 0. The topological polar surface area (TPSA) is 47.7 Å². The maximum atomic E-state index is 6.19. The van der Waals surface area contributed by atoms with Gasteiger partial charge in [0.15, 0.2) is 11.5 Å². The van der Waals surface area contributed by atoms with Gasteiger partial charge in [0.05, 0.1) is 11.4 Å². The molecular formula is C17H20N2O2. The number of rotatable bonds is 2. The van der Waals surface area contributed by atoms with Crippen LogP contribution in [0.4, 0.5) is 17.1 Å². The Bertz CT molecular complexity index is 683. The van der Waals surface area contributed by atoms with Crippen LogP contribution >= 0.6 is 0 Å². The van der Waals surface area contributed by atoms with Gasteiger partial charge in [0.2, 0.25) is 0 Å². The molecule has 2 N–H and O–H groups in total. The Balaban J connectivity index is 2.03. The fraction of sp³-hybridized carbons (Fsp3) is 0.294. The zero-order chi connectivity index (χ0) is 15.0. The average Bonchev–Trinajstić information content (AvgIpc) is 2.46. The molecule has 0 unspecified atom stereocenters. The molecule has 1 aliphatic rings. The molecule has 0 saturated heterocycles. The van der Waals surface area contributed by atoms with Gasteiger partial charge in [-0.25, -0.2) is 0 Å². The first-order valence-corrected chi connectivity index (χ1v) is 7.06. The van der Waals surface area contributed by atoms with Crippen LogP contribution in [-0.2, 0) is 0 Å². The number of ether oxygens (including phenoxy) is 2. The fourth-order valence-corrected chi connectivity index (χ4v) is 2.70. The molecular weight excluding hydrogens is 264 g/mol. The van der Waals surface area contributed by atoms with Gasteiger partial charge < -0.3 is 20.1 Å². The molecule has 3 rings (SSSR count). The van der Waals surface area contributed by atoms with E-state index in [1.54, 1.807) is 0 Å². The van der Waals surface area contributed by atoms with Crippen molar-refractivity contribution in [2.75, 3.05) is 30.9 Å². The Morgan fingerprint density at radius 2 is 1.62 bits per heavy atom. The molecule has 0 atom stereocenters. The van der Waals surface area contributed by atoms with Gasteiger partial charge in [-0.05, 0) is 25.5 Å². The maximum absolute atomic E-state index is 6.19. The van der Waals surface area contributed by atoms with E-state index in [1.165, 1.54) is 11.1 Å². The van der Waals surface area contributed by atoms with Crippen molar-refractivity contribution in [3.8, 4) is 11.5 Å². The molecule has 0 radical (unpaired) electrons. The molecule has 4 heteroatoms. The highest BCUT2D eigenvalue weighted by molar-refractivity contribution is 5.79. The van der Waals surface area contributed by atoms with E-state index in [9.17, 15) is 0 Å². The number of benzene rings is 2. The van der Waals surface area contributed by atoms with Gasteiger partial charge in [0.25, 0.3) is 0 Å². The van der Waals surface area contributed by atoms with Crippen LogP contribution in [0.1, 0.15) is 11.1 Å². The van der Waals surface area contributed by atoms with Crippen molar-refractivity contribution in [3.63, 3.8) is 0 Å². The van der Waals surface area contributed by atoms with E-state index in [-0.39, 0.29) is 0 Å². The molecule has 0 amide bonds. The normalized spacial score (nSPS) is 13.1. The van der Waals surface area contributed by atoms with Crippen LogP contribution < -0.4 is 20.1 Å². The van der Waals surface area contributed by atoms with Crippen molar-refractivity contribution >= 4 is 17.1 Å². The van der Waals surface area contributed by atoms with Crippen LogP contribution in [0, 0.1) is 13.8 Å². The highest BCUT2D eigenvalue weighted by atomic mass is 16.6. The Hall–Kier alpha value is -2.36. The summed E-state index contributed by atoms with van der Waals surface area (Å²) in [4.78, 5) is 2.09. The van der Waals surface area contributed by atoms with Crippen molar-refractivity contribution < 1.29 is 9.47 Å². The van der Waals surface area contributed by atoms with Crippen LogP contribution in [0.5, 0.6) is 11.5 Å². The van der Waals surface area contributed by atoms with E-state index in [0.717, 1.165) is 22.9 Å². The van der Waals surface area contributed by atoms with E-state index < -0.39 is 0 Å². The second-order valence-electron chi connectivity index (χ2n) is 5.40. The summed E-state index contributed by atoms with van der Waals surface area (Å²) in [7, 11) is 2.01. The van der Waals surface area contributed by atoms with Crippen LogP contribution in [-0.4, -0.2) is 20.3 Å². The summed E-state index contributed by atoms with van der Waals surface area (Å²) in [6.45, 7) is 5.34. The predicted molar refractivity (Wildman–Crippen MR) is 85.8 cm³/mol. The highest BCUT2D eigenvalue weighted by Gasteiger charge is 2.18. The van der Waals surface area contributed by atoms with Crippen molar-refractivity contribution in [2.45, 2.75) is 13.8 Å². The number of hydrogen-bond donors (Lipinski definition) is 1. The summed E-state index contributed by atoms with van der Waals surface area (Å²) < 4.78 is 11.2. The smallest absolute Gasteiger partial charge is 0.163 e. The maximum Gasteiger partial charge on any atom is 0.163 e. The van der Waals surface area contributed by atoms with Gasteiger partial charge in [-0.3, -0.25) is 0 Å². The number of nitrogens with two attached hydrogens (primary N) is 1. The molecule has 0 fully saturated rings. The second-order valence-corrected chi connectivity index (χ2v) is 5.40. The van der Waals surface area contributed by atoms with E-state index in [1.807, 2.05) is 19.2 Å². The van der Waals surface area contributed by atoms with Gasteiger partial charge >= 0.3 is 0 Å². The highest BCUT2D eigenvalue weighted by Crippen LogP contribution is 2.40. The third-order valence-electron chi connectivity index (χ3n) is 3.77. The van der Waals surface area contributed by atoms with Crippen LogP contribution in [0.2, 0.25) is 0 Å². The van der Waals surface area contributed by atoms with Gasteiger partial charge in [-0.2, -0.15) is 0 Å². The monoisotopic (exact) mass is 284 g/mol. The van der Waals surface area contributed by atoms with E-state index in [4.69, 9.17) is 15.2 Å². The summed E-state index contributed by atoms with van der Waals surface area (Å²) in [6, 6.07) is 10.2. The van der Waals surface area contributed by atoms with Crippen LogP contribution in [0.25, 0.3) is 0 Å². The summed E-state index contributed by atoms with van der Waals surface area (Å²) >= 11 is 0. The molecule has 1 aliphatic heterocycles. The molecule has 2 aromatic carbocycles. The zero-order valence-corrected chi connectivity index (χ0v) is 12.6. The van der Waals surface area contributed by atoms with E-state index >= 15 is 0 Å². The minimum atomic E-state index is 0.568. The molecule has 21 heavy (non-hydrogen) atoms. The Morgan fingerprint density at radius 3 is 2.29 bits per heavy atom. The average molecular weight is 284 g/mol. The van der Waals surface area contributed by atoms with E-state index in [0.29, 0.717) is 18.9 Å².